The Bertz CT molecular complexity index is 1630. The Labute approximate surface area is 212 Å². The van der Waals surface area contributed by atoms with Crippen molar-refractivity contribution in [2.75, 3.05) is 0 Å². The molecule has 2 aromatic carbocycles. The lowest BCUT2D eigenvalue weighted by molar-refractivity contribution is 0.0639. The average molecular weight is 488 g/mol. The van der Waals surface area contributed by atoms with Gasteiger partial charge in [0.15, 0.2) is 5.65 Å². The Morgan fingerprint density at radius 1 is 1.00 bits per heavy atom. The van der Waals surface area contributed by atoms with E-state index >= 15 is 0 Å². The van der Waals surface area contributed by atoms with Crippen LogP contribution in [0.5, 0.6) is 5.75 Å². The molecule has 3 heterocycles. The summed E-state index contributed by atoms with van der Waals surface area (Å²) in [5.74, 6) is 0.111. The number of ether oxygens (including phenoxy) is 1. The van der Waals surface area contributed by atoms with Crippen molar-refractivity contribution in [3.8, 4) is 11.8 Å². The largest absolute Gasteiger partial charge is 0.486 e. The van der Waals surface area contributed by atoms with Gasteiger partial charge in [0, 0.05) is 12.1 Å². The first-order valence-corrected chi connectivity index (χ1v) is 11.9. The van der Waals surface area contributed by atoms with Gasteiger partial charge in [-0.15, -0.1) is 0 Å². The number of carbonyl (C=O) groups excluding carboxylic acids is 2. The lowest BCUT2D eigenvalue weighted by Gasteiger charge is -2.24. The molecule has 180 valence electrons. The molecule has 4 aromatic rings. The number of imide groups is 1. The van der Waals surface area contributed by atoms with Gasteiger partial charge in [0.05, 0.1) is 23.4 Å². The van der Waals surface area contributed by atoms with Gasteiger partial charge in [-0.2, -0.15) is 10.4 Å². The third-order valence-electron chi connectivity index (χ3n) is 6.62. The van der Waals surface area contributed by atoms with Gasteiger partial charge in [-0.05, 0) is 42.0 Å². The highest BCUT2D eigenvalue weighted by Crippen LogP contribution is 2.31. The number of para-hydroxylation sites is 1. The summed E-state index contributed by atoms with van der Waals surface area (Å²) in [6, 6.07) is 20.3. The monoisotopic (exact) mass is 487 g/mol. The summed E-state index contributed by atoms with van der Waals surface area (Å²) >= 11 is 0. The summed E-state index contributed by atoms with van der Waals surface area (Å²) in [5, 5.41) is 14.7. The predicted molar refractivity (Wildman–Crippen MR) is 135 cm³/mol. The molecule has 6 rings (SSSR count). The molecule has 0 saturated carbocycles. The van der Waals surface area contributed by atoms with E-state index in [1.54, 1.807) is 41.0 Å². The molecule has 2 unspecified atom stereocenters. The lowest BCUT2D eigenvalue weighted by Crippen LogP contribution is -2.30. The molecular formula is C29H21N5O3. The molecule has 37 heavy (non-hydrogen) atoms. The first-order valence-electron chi connectivity index (χ1n) is 11.9. The highest BCUT2D eigenvalue weighted by atomic mass is 16.5. The van der Waals surface area contributed by atoms with Crippen LogP contribution >= 0.6 is 0 Å². The fraction of sp³-hybridized carbons (Fsp3) is 0.138. The highest BCUT2D eigenvalue weighted by Gasteiger charge is 2.35. The number of rotatable bonds is 5. The first-order chi connectivity index (χ1) is 18.0. The normalized spacial score (nSPS) is 18.6. The van der Waals surface area contributed by atoms with Crippen LogP contribution in [-0.2, 0) is 6.54 Å². The van der Waals surface area contributed by atoms with Crippen LogP contribution < -0.4 is 4.74 Å². The maximum absolute atomic E-state index is 12.9. The van der Waals surface area contributed by atoms with Crippen LogP contribution in [0.1, 0.15) is 44.6 Å². The maximum atomic E-state index is 12.9. The fourth-order valence-corrected chi connectivity index (χ4v) is 4.73. The minimum Gasteiger partial charge on any atom is -0.486 e. The van der Waals surface area contributed by atoms with Gasteiger partial charge in [-0.3, -0.25) is 14.5 Å². The van der Waals surface area contributed by atoms with Crippen molar-refractivity contribution in [1.82, 2.24) is 19.5 Å². The van der Waals surface area contributed by atoms with Crippen LogP contribution in [0.3, 0.4) is 0 Å². The Morgan fingerprint density at radius 2 is 1.70 bits per heavy atom. The van der Waals surface area contributed by atoms with E-state index in [0.717, 1.165) is 11.3 Å². The number of hydrogen-bond donors (Lipinski definition) is 0. The Balaban J connectivity index is 1.32. The molecule has 0 spiro atoms. The first kappa shape index (κ1) is 22.4. The Morgan fingerprint density at radius 3 is 2.38 bits per heavy atom. The van der Waals surface area contributed by atoms with Gasteiger partial charge in [0.25, 0.3) is 11.8 Å². The molecule has 2 atom stereocenters. The highest BCUT2D eigenvalue weighted by molar-refractivity contribution is 6.21. The quantitative estimate of drug-likeness (QED) is 0.386. The second-order valence-electron chi connectivity index (χ2n) is 8.98. The van der Waals surface area contributed by atoms with Gasteiger partial charge in [0.2, 0.25) is 0 Å². The molecule has 1 aliphatic carbocycles. The maximum Gasteiger partial charge on any atom is 0.261 e. The van der Waals surface area contributed by atoms with E-state index in [1.807, 2.05) is 55.5 Å². The summed E-state index contributed by atoms with van der Waals surface area (Å²) in [6.07, 6.45) is 7.30. The smallest absolute Gasteiger partial charge is 0.261 e. The molecule has 2 aliphatic rings. The summed E-state index contributed by atoms with van der Waals surface area (Å²) in [6.45, 7) is 2.06. The standard InChI is InChI=1S/C29H21N5O3/c1-18-15-19(11-12-25(18)37-21-7-3-2-4-8-21)26-24(16-30)27-31-14-13-20(34(27)32-26)17-33-28(35)22-9-5-6-10-23(22)29(33)36/h2-15,18,25H,17H2,1H3. The number of benzene rings is 2. The van der Waals surface area contributed by atoms with E-state index in [4.69, 9.17) is 9.84 Å². The number of fused-ring (bicyclic) bond motifs is 2. The topological polar surface area (TPSA) is 101 Å². The van der Waals surface area contributed by atoms with Gasteiger partial charge in [0.1, 0.15) is 29.2 Å². The van der Waals surface area contributed by atoms with Crippen molar-refractivity contribution in [3.05, 3.63) is 113 Å². The number of allylic oxidation sites excluding steroid dienone is 2. The molecule has 2 amide bonds. The number of hydrogen-bond acceptors (Lipinski definition) is 6. The third-order valence-corrected chi connectivity index (χ3v) is 6.62. The van der Waals surface area contributed by atoms with E-state index in [9.17, 15) is 14.9 Å². The summed E-state index contributed by atoms with van der Waals surface area (Å²) in [5.41, 5.74) is 3.32. The van der Waals surface area contributed by atoms with Crippen LogP contribution in [0.25, 0.3) is 11.2 Å². The average Bonchev–Trinajstić information content (AvgIpc) is 3.42. The van der Waals surface area contributed by atoms with Crippen molar-refractivity contribution in [2.45, 2.75) is 19.6 Å². The van der Waals surface area contributed by atoms with E-state index in [0.29, 0.717) is 33.7 Å². The van der Waals surface area contributed by atoms with Crippen molar-refractivity contribution in [3.63, 3.8) is 0 Å². The molecule has 0 saturated heterocycles. The number of aromatic nitrogens is 3. The van der Waals surface area contributed by atoms with Gasteiger partial charge in [-0.1, -0.05) is 49.4 Å². The van der Waals surface area contributed by atoms with Crippen LogP contribution in [-0.4, -0.2) is 37.4 Å². The number of nitrogens with zero attached hydrogens (tertiary/aromatic N) is 5. The molecule has 2 aromatic heterocycles. The van der Waals surface area contributed by atoms with E-state index in [2.05, 4.69) is 11.1 Å². The van der Waals surface area contributed by atoms with E-state index in [-0.39, 0.29) is 30.4 Å². The molecular weight excluding hydrogens is 466 g/mol. The molecule has 0 N–H and O–H groups in total. The summed E-state index contributed by atoms with van der Waals surface area (Å²) in [7, 11) is 0. The van der Waals surface area contributed by atoms with Gasteiger partial charge < -0.3 is 4.74 Å². The van der Waals surface area contributed by atoms with Crippen molar-refractivity contribution >= 4 is 23.0 Å². The number of nitriles is 1. The summed E-state index contributed by atoms with van der Waals surface area (Å²) in [4.78, 5) is 31.4. The van der Waals surface area contributed by atoms with Crippen molar-refractivity contribution < 1.29 is 14.3 Å². The minimum atomic E-state index is -0.352. The van der Waals surface area contributed by atoms with E-state index < -0.39 is 0 Å². The molecule has 8 nitrogen and oxygen atoms in total. The van der Waals surface area contributed by atoms with Crippen LogP contribution in [0, 0.1) is 17.2 Å². The second-order valence-corrected chi connectivity index (χ2v) is 8.98. The number of amides is 2. The van der Waals surface area contributed by atoms with Crippen LogP contribution in [0.2, 0.25) is 0 Å². The molecule has 0 radical (unpaired) electrons. The molecule has 0 bridgehead atoms. The van der Waals surface area contributed by atoms with Gasteiger partial charge >= 0.3 is 0 Å². The zero-order valence-corrected chi connectivity index (χ0v) is 19.9. The van der Waals surface area contributed by atoms with Crippen LogP contribution in [0.4, 0.5) is 0 Å². The van der Waals surface area contributed by atoms with Gasteiger partial charge in [-0.25, -0.2) is 9.50 Å². The second kappa shape index (κ2) is 8.88. The van der Waals surface area contributed by atoms with Crippen LogP contribution in [0.15, 0.2) is 85.1 Å². The molecule has 1 aliphatic heterocycles. The van der Waals surface area contributed by atoms with E-state index in [1.165, 1.54) is 4.90 Å². The fourth-order valence-electron chi connectivity index (χ4n) is 4.73. The zero-order valence-electron chi connectivity index (χ0n) is 19.9. The van der Waals surface area contributed by atoms with Crippen molar-refractivity contribution in [2.24, 2.45) is 5.92 Å². The molecule has 0 fully saturated rings. The lowest BCUT2D eigenvalue weighted by atomic mass is 9.92. The molecule has 8 heteroatoms. The number of carbonyl (C=O) groups is 2. The third kappa shape index (κ3) is 3.78. The minimum absolute atomic E-state index is 0.00956. The van der Waals surface area contributed by atoms with Crippen molar-refractivity contribution in [1.29, 1.82) is 5.26 Å². The summed E-state index contributed by atoms with van der Waals surface area (Å²) < 4.78 is 7.65. The zero-order chi connectivity index (χ0) is 25.5. The Hall–Kier alpha value is -5.03. The predicted octanol–water partition coefficient (Wildman–Crippen LogP) is 4.43. The SMILES string of the molecule is CC1C=C(c2nn3c(CN4C(=O)c5ccccc5C4=O)ccnc3c2C#N)C=CC1Oc1ccccc1. The Kier molecular flexibility index (Phi) is 5.38.